The summed E-state index contributed by atoms with van der Waals surface area (Å²) in [7, 11) is 0. The lowest BCUT2D eigenvalue weighted by Gasteiger charge is -1.96. The van der Waals surface area contributed by atoms with Crippen LogP contribution in [-0.4, -0.2) is 4.98 Å². The Labute approximate surface area is 89.4 Å². The van der Waals surface area contributed by atoms with Crippen LogP contribution in [0.3, 0.4) is 0 Å². The van der Waals surface area contributed by atoms with E-state index in [1.807, 2.05) is 45.0 Å². The fraction of sp³-hybridized carbons (Fsp3) is 0.250. The molecule has 0 aliphatic heterocycles. The van der Waals surface area contributed by atoms with Crippen LogP contribution >= 0.6 is 11.3 Å². The average Bonchev–Trinajstić information content (AvgIpc) is 2.74. The number of thiophene rings is 1. The summed E-state index contributed by atoms with van der Waals surface area (Å²) in [5.41, 5.74) is 2.14. The predicted molar refractivity (Wildman–Crippen MR) is 63.6 cm³/mol. The van der Waals surface area contributed by atoms with Crippen molar-refractivity contribution in [2.45, 2.75) is 20.8 Å². The van der Waals surface area contributed by atoms with Crippen molar-refractivity contribution in [2.75, 3.05) is 0 Å². The lowest BCUT2D eigenvalue weighted by Crippen LogP contribution is -1.82. The minimum atomic E-state index is 1.07. The lowest BCUT2D eigenvalue weighted by atomic mass is 10.3. The molecule has 0 bridgehead atoms. The van der Waals surface area contributed by atoms with Crippen molar-refractivity contribution < 1.29 is 0 Å². The van der Waals surface area contributed by atoms with Gasteiger partial charge in [0.15, 0.2) is 0 Å². The Balaban J connectivity index is 0.000000461. The molecule has 0 saturated heterocycles. The van der Waals surface area contributed by atoms with Gasteiger partial charge in [0.05, 0.1) is 10.6 Å². The Kier molecular flexibility index (Phi) is 4.33. The standard InChI is InChI=1S/C10H9NS.C2H6/c1-8-4-2-5-9(11-8)10-6-3-7-12-10;1-2/h2-7H,1H3;1-2H3. The van der Waals surface area contributed by atoms with Gasteiger partial charge in [-0.05, 0) is 30.5 Å². The fourth-order valence-electron chi connectivity index (χ4n) is 1.10. The first-order chi connectivity index (χ1) is 6.86. The summed E-state index contributed by atoms with van der Waals surface area (Å²) < 4.78 is 0. The zero-order valence-electron chi connectivity index (χ0n) is 8.82. The van der Waals surface area contributed by atoms with Crippen LogP contribution in [0, 0.1) is 6.92 Å². The molecule has 0 fully saturated rings. The minimum Gasteiger partial charge on any atom is -0.252 e. The molecule has 2 heteroatoms. The van der Waals surface area contributed by atoms with Crippen molar-refractivity contribution in [1.82, 2.24) is 4.98 Å². The van der Waals surface area contributed by atoms with Gasteiger partial charge < -0.3 is 0 Å². The Morgan fingerprint density at radius 2 is 1.86 bits per heavy atom. The molecule has 0 aliphatic rings. The molecule has 2 aromatic rings. The van der Waals surface area contributed by atoms with Gasteiger partial charge in [0, 0.05) is 5.69 Å². The third kappa shape index (κ3) is 2.67. The Morgan fingerprint density at radius 1 is 1.07 bits per heavy atom. The summed E-state index contributed by atoms with van der Waals surface area (Å²) in [4.78, 5) is 5.66. The van der Waals surface area contributed by atoms with E-state index in [-0.39, 0.29) is 0 Å². The Morgan fingerprint density at radius 3 is 2.43 bits per heavy atom. The quantitative estimate of drug-likeness (QED) is 0.681. The van der Waals surface area contributed by atoms with Gasteiger partial charge in [-0.15, -0.1) is 11.3 Å². The fourth-order valence-corrected chi connectivity index (χ4v) is 1.80. The Hall–Kier alpha value is -1.15. The van der Waals surface area contributed by atoms with Crippen molar-refractivity contribution in [2.24, 2.45) is 0 Å². The van der Waals surface area contributed by atoms with E-state index in [9.17, 15) is 0 Å². The van der Waals surface area contributed by atoms with Gasteiger partial charge in [0.2, 0.25) is 0 Å². The third-order valence-corrected chi connectivity index (χ3v) is 2.55. The molecule has 2 aromatic heterocycles. The second-order valence-corrected chi connectivity index (χ2v) is 3.59. The molecule has 0 saturated carbocycles. The van der Waals surface area contributed by atoms with Gasteiger partial charge in [0.1, 0.15) is 0 Å². The molecule has 14 heavy (non-hydrogen) atoms. The highest BCUT2D eigenvalue weighted by molar-refractivity contribution is 7.13. The second-order valence-electron chi connectivity index (χ2n) is 2.64. The maximum absolute atomic E-state index is 4.43. The zero-order valence-corrected chi connectivity index (χ0v) is 9.64. The first-order valence-electron chi connectivity index (χ1n) is 4.84. The van der Waals surface area contributed by atoms with Gasteiger partial charge in [-0.3, -0.25) is 4.98 Å². The van der Waals surface area contributed by atoms with Crippen molar-refractivity contribution in [3.63, 3.8) is 0 Å². The molecule has 0 spiro atoms. The van der Waals surface area contributed by atoms with Crippen molar-refractivity contribution in [3.05, 3.63) is 41.4 Å². The van der Waals surface area contributed by atoms with Crippen LogP contribution in [0.1, 0.15) is 19.5 Å². The van der Waals surface area contributed by atoms with Crippen LogP contribution < -0.4 is 0 Å². The van der Waals surface area contributed by atoms with E-state index in [0.29, 0.717) is 0 Å². The van der Waals surface area contributed by atoms with Gasteiger partial charge in [-0.2, -0.15) is 0 Å². The van der Waals surface area contributed by atoms with E-state index in [4.69, 9.17) is 0 Å². The maximum Gasteiger partial charge on any atom is 0.0804 e. The third-order valence-electron chi connectivity index (χ3n) is 1.66. The number of rotatable bonds is 1. The first kappa shape index (κ1) is 10.9. The molecule has 0 radical (unpaired) electrons. The molecule has 0 aromatic carbocycles. The molecular weight excluding hydrogens is 190 g/mol. The van der Waals surface area contributed by atoms with Crippen molar-refractivity contribution in [1.29, 1.82) is 0 Å². The topological polar surface area (TPSA) is 12.9 Å². The summed E-state index contributed by atoms with van der Waals surface area (Å²) in [6, 6.07) is 10.2. The van der Waals surface area contributed by atoms with E-state index in [0.717, 1.165) is 11.4 Å². The number of nitrogens with zero attached hydrogens (tertiary/aromatic N) is 1. The van der Waals surface area contributed by atoms with E-state index in [1.54, 1.807) is 11.3 Å². The van der Waals surface area contributed by atoms with Gasteiger partial charge in [-0.25, -0.2) is 0 Å². The van der Waals surface area contributed by atoms with Crippen LogP contribution in [0.2, 0.25) is 0 Å². The monoisotopic (exact) mass is 205 g/mol. The second kappa shape index (κ2) is 5.55. The van der Waals surface area contributed by atoms with Crippen LogP contribution in [-0.2, 0) is 0 Å². The molecule has 0 N–H and O–H groups in total. The number of aryl methyl sites for hydroxylation is 1. The van der Waals surface area contributed by atoms with Crippen molar-refractivity contribution >= 4 is 11.3 Å². The smallest absolute Gasteiger partial charge is 0.0804 e. The van der Waals surface area contributed by atoms with Crippen molar-refractivity contribution in [3.8, 4) is 10.6 Å². The number of pyridine rings is 1. The minimum absolute atomic E-state index is 1.07. The number of hydrogen-bond donors (Lipinski definition) is 0. The summed E-state index contributed by atoms with van der Waals surface area (Å²) >= 11 is 1.72. The molecule has 0 unspecified atom stereocenters. The largest absolute Gasteiger partial charge is 0.252 e. The van der Waals surface area contributed by atoms with E-state index < -0.39 is 0 Å². The van der Waals surface area contributed by atoms with Gasteiger partial charge in [-0.1, -0.05) is 26.0 Å². The number of hydrogen-bond acceptors (Lipinski definition) is 2. The predicted octanol–water partition coefficient (Wildman–Crippen LogP) is 4.14. The molecule has 1 nitrogen and oxygen atoms in total. The SMILES string of the molecule is CC.Cc1cccc(-c2cccs2)n1. The van der Waals surface area contributed by atoms with E-state index in [2.05, 4.69) is 16.4 Å². The highest BCUT2D eigenvalue weighted by atomic mass is 32.1. The molecule has 0 atom stereocenters. The zero-order chi connectivity index (χ0) is 10.4. The summed E-state index contributed by atoms with van der Waals surface area (Å²) in [5, 5.41) is 2.07. The van der Waals surface area contributed by atoms with Crippen LogP contribution in [0.25, 0.3) is 10.6 Å². The number of aromatic nitrogens is 1. The summed E-state index contributed by atoms with van der Waals surface area (Å²) in [6.45, 7) is 6.01. The molecule has 0 amide bonds. The maximum atomic E-state index is 4.43. The first-order valence-corrected chi connectivity index (χ1v) is 5.72. The molecule has 2 heterocycles. The van der Waals surface area contributed by atoms with Crippen LogP contribution in [0.15, 0.2) is 35.7 Å². The van der Waals surface area contributed by atoms with Crippen LogP contribution in [0.5, 0.6) is 0 Å². The van der Waals surface area contributed by atoms with Gasteiger partial charge >= 0.3 is 0 Å². The van der Waals surface area contributed by atoms with E-state index in [1.165, 1.54) is 4.88 Å². The molecule has 2 rings (SSSR count). The normalized spacial score (nSPS) is 9.07. The molecule has 0 aliphatic carbocycles. The summed E-state index contributed by atoms with van der Waals surface area (Å²) in [5.74, 6) is 0. The van der Waals surface area contributed by atoms with Crippen LogP contribution in [0.4, 0.5) is 0 Å². The molecular formula is C12H15NS. The Bertz CT molecular complexity index is 366. The van der Waals surface area contributed by atoms with Gasteiger partial charge in [0.25, 0.3) is 0 Å². The highest BCUT2D eigenvalue weighted by Gasteiger charge is 1.98. The van der Waals surface area contributed by atoms with E-state index >= 15 is 0 Å². The average molecular weight is 205 g/mol. The highest BCUT2D eigenvalue weighted by Crippen LogP contribution is 2.22. The molecule has 74 valence electrons. The lowest BCUT2D eigenvalue weighted by molar-refractivity contribution is 1.21. The summed E-state index contributed by atoms with van der Waals surface area (Å²) in [6.07, 6.45) is 0.